The average molecular weight is 556 g/mol. The third-order valence-corrected chi connectivity index (χ3v) is 7.28. The molecule has 4 rings (SSSR count). The summed E-state index contributed by atoms with van der Waals surface area (Å²) in [5, 5.41) is 8.60. The lowest BCUT2D eigenvalue weighted by Crippen LogP contribution is -2.35. The molecule has 1 fully saturated rings. The van der Waals surface area contributed by atoms with Crippen LogP contribution in [0.25, 0.3) is 0 Å². The number of carbonyl (C=O) groups is 2. The first-order chi connectivity index (χ1) is 18.1. The number of nitrogens with two attached hydrogens (primary N) is 1. The Hall–Kier alpha value is -2.97. The van der Waals surface area contributed by atoms with Crippen LogP contribution in [0.3, 0.4) is 0 Å². The highest BCUT2D eigenvalue weighted by Crippen LogP contribution is 2.37. The Kier molecular flexibility index (Phi) is 10.1. The van der Waals surface area contributed by atoms with E-state index < -0.39 is 0 Å². The van der Waals surface area contributed by atoms with Gasteiger partial charge in [-0.2, -0.15) is 0 Å². The molecule has 0 unspecified atom stereocenters. The van der Waals surface area contributed by atoms with Crippen LogP contribution in [0.4, 0.5) is 0 Å². The molecule has 0 bridgehead atoms. The lowest BCUT2D eigenvalue weighted by atomic mass is 9.83. The number of amidine groups is 1. The van der Waals surface area contributed by atoms with Gasteiger partial charge in [0.1, 0.15) is 17.3 Å². The minimum Gasteiger partial charge on any atom is -0.493 e. The van der Waals surface area contributed by atoms with E-state index in [0.29, 0.717) is 50.5 Å². The van der Waals surface area contributed by atoms with Crippen molar-refractivity contribution in [3.05, 3.63) is 57.9 Å². The maximum atomic E-state index is 13.7. The van der Waals surface area contributed by atoms with E-state index in [2.05, 4.69) is 25.8 Å². The number of benzene rings is 1. The van der Waals surface area contributed by atoms with Crippen molar-refractivity contribution < 1.29 is 14.3 Å². The van der Waals surface area contributed by atoms with Crippen LogP contribution in [-0.4, -0.2) is 58.6 Å². The van der Waals surface area contributed by atoms with E-state index in [1.165, 1.54) is 0 Å². The predicted molar refractivity (Wildman–Crippen MR) is 156 cm³/mol. The number of pyridine rings is 1. The van der Waals surface area contributed by atoms with Crippen molar-refractivity contribution in [3.63, 3.8) is 0 Å². The van der Waals surface area contributed by atoms with Gasteiger partial charge in [-0.1, -0.05) is 26.8 Å². The molecule has 1 saturated heterocycles. The monoisotopic (exact) mass is 555 g/mol. The third-order valence-electron chi connectivity index (χ3n) is 7.28. The molecule has 2 aromatic rings. The summed E-state index contributed by atoms with van der Waals surface area (Å²) < 4.78 is 6.35. The van der Waals surface area contributed by atoms with Crippen molar-refractivity contribution in [1.82, 2.24) is 14.8 Å². The normalized spacial score (nSPS) is 15.3. The van der Waals surface area contributed by atoms with Gasteiger partial charge < -0.3 is 20.3 Å². The van der Waals surface area contributed by atoms with Crippen LogP contribution < -0.4 is 10.5 Å². The second-order valence-electron chi connectivity index (χ2n) is 11.5. The molecule has 0 radical (unpaired) electrons. The fourth-order valence-electron chi connectivity index (χ4n) is 5.10. The summed E-state index contributed by atoms with van der Waals surface area (Å²) in [6.45, 7) is 11.1. The Bertz CT molecular complexity index is 1220. The van der Waals surface area contributed by atoms with E-state index in [4.69, 9.17) is 15.9 Å². The van der Waals surface area contributed by atoms with E-state index >= 15 is 0 Å². The number of carbonyl (C=O) groups excluding carboxylic acids is 2. The van der Waals surface area contributed by atoms with Gasteiger partial charge in [0, 0.05) is 54.0 Å². The molecule has 1 aromatic heterocycles. The second kappa shape index (κ2) is 12.9. The maximum Gasteiger partial charge on any atom is 0.222 e. The molecule has 39 heavy (non-hydrogen) atoms. The standard InChI is InChI=1S/C30H41N5O3.ClH/c1-20-10-11-21-17-35(29(32)27(21)33-20)19-25(36)22-15-23(18-34-13-7-5-9-26(34)37)28(38-14-8-6-12-31)24(16-22)30(2,3)4;/h10-11,15-16,32H,5-9,12-14,17-19,31H2,1-4H3;1H. The summed E-state index contributed by atoms with van der Waals surface area (Å²) >= 11 is 0. The van der Waals surface area contributed by atoms with Crippen LogP contribution in [0, 0.1) is 12.3 Å². The zero-order chi connectivity index (χ0) is 27.4. The topological polar surface area (TPSA) is 113 Å². The number of amides is 1. The van der Waals surface area contributed by atoms with E-state index in [0.717, 1.165) is 53.8 Å². The van der Waals surface area contributed by atoms with Crippen LogP contribution >= 0.6 is 12.4 Å². The minimum atomic E-state index is -0.280. The largest absolute Gasteiger partial charge is 0.493 e. The Morgan fingerprint density at radius 2 is 1.92 bits per heavy atom. The number of aromatic nitrogens is 1. The Morgan fingerprint density at radius 3 is 2.62 bits per heavy atom. The Morgan fingerprint density at radius 1 is 1.15 bits per heavy atom. The Labute approximate surface area is 238 Å². The molecule has 0 spiro atoms. The number of unbranched alkanes of at least 4 members (excludes halogenated alkanes) is 1. The lowest BCUT2D eigenvalue weighted by Gasteiger charge is -2.30. The van der Waals surface area contributed by atoms with E-state index in [1.807, 2.05) is 36.1 Å². The highest BCUT2D eigenvalue weighted by molar-refractivity contribution is 6.04. The number of piperidine rings is 1. The van der Waals surface area contributed by atoms with Crippen LogP contribution in [0.1, 0.15) is 91.3 Å². The number of nitrogens with zero attached hydrogens (tertiary/aromatic N) is 3. The molecule has 1 amide bonds. The molecule has 1 aromatic carbocycles. The van der Waals surface area contributed by atoms with Gasteiger partial charge in [-0.05, 0) is 62.8 Å². The lowest BCUT2D eigenvalue weighted by molar-refractivity contribution is -0.133. The van der Waals surface area contributed by atoms with Gasteiger partial charge in [-0.15, -0.1) is 12.4 Å². The third kappa shape index (κ3) is 7.17. The molecule has 2 aliphatic heterocycles. The van der Waals surface area contributed by atoms with Gasteiger partial charge in [-0.25, -0.2) is 4.98 Å². The number of rotatable bonds is 10. The van der Waals surface area contributed by atoms with E-state index in [9.17, 15) is 9.59 Å². The van der Waals surface area contributed by atoms with Crippen LogP contribution in [-0.2, 0) is 23.3 Å². The van der Waals surface area contributed by atoms with Crippen molar-refractivity contribution in [2.75, 3.05) is 26.2 Å². The molecule has 3 heterocycles. The highest BCUT2D eigenvalue weighted by Gasteiger charge is 2.30. The molecule has 212 valence electrons. The minimum absolute atomic E-state index is 0. The van der Waals surface area contributed by atoms with Gasteiger partial charge in [0.25, 0.3) is 0 Å². The van der Waals surface area contributed by atoms with Crippen molar-refractivity contribution in [2.45, 2.75) is 78.3 Å². The number of ketones is 1. The summed E-state index contributed by atoms with van der Waals surface area (Å²) in [5.41, 5.74) is 10.3. The predicted octanol–water partition coefficient (Wildman–Crippen LogP) is 4.76. The van der Waals surface area contributed by atoms with Crippen LogP contribution in [0.2, 0.25) is 0 Å². The molecule has 8 nitrogen and oxygen atoms in total. The summed E-state index contributed by atoms with van der Waals surface area (Å²) in [5.74, 6) is 1.13. The van der Waals surface area contributed by atoms with Crippen molar-refractivity contribution >= 4 is 29.9 Å². The number of nitrogens with one attached hydrogen (secondary N) is 1. The molecule has 0 atom stereocenters. The van der Waals surface area contributed by atoms with Crippen molar-refractivity contribution in [3.8, 4) is 5.75 Å². The van der Waals surface area contributed by atoms with Crippen LogP contribution in [0.15, 0.2) is 24.3 Å². The van der Waals surface area contributed by atoms with E-state index in [1.54, 1.807) is 4.90 Å². The summed E-state index contributed by atoms with van der Waals surface area (Å²) in [4.78, 5) is 34.5. The van der Waals surface area contributed by atoms with Gasteiger partial charge >= 0.3 is 0 Å². The molecule has 0 saturated carbocycles. The number of Topliss-reactive ketones (excluding diaryl/α,β-unsaturated/α-hetero) is 1. The summed E-state index contributed by atoms with van der Waals surface area (Å²) in [6, 6.07) is 7.76. The van der Waals surface area contributed by atoms with Crippen LogP contribution in [0.5, 0.6) is 5.75 Å². The number of hydrogen-bond acceptors (Lipinski definition) is 6. The SMILES string of the molecule is Cc1ccc2c(n1)C(=N)N(CC(=O)c1cc(CN3CCCCC3=O)c(OCCCCN)c(C(C)(C)C)c1)C2.Cl. The quantitative estimate of drug-likeness (QED) is 0.323. The molecule has 3 N–H and O–H groups in total. The summed E-state index contributed by atoms with van der Waals surface area (Å²) in [6.07, 6.45) is 4.17. The zero-order valence-electron chi connectivity index (χ0n) is 23.6. The number of likely N-dealkylation sites (tertiary alicyclic amines) is 1. The Balaban J connectivity index is 0.00000420. The first kappa shape index (κ1) is 30.6. The van der Waals surface area contributed by atoms with Gasteiger partial charge in [0.2, 0.25) is 5.91 Å². The number of hydrogen-bond donors (Lipinski definition) is 2. The van der Waals surface area contributed by atoms with Gasteiger partial charge in [0.15, 0.2) is 5.78 Å². The summed E-state index contributed by atoms with van der Waals surface area (Å²) in [7, 11) is 0. The fraction of sp³-hybridized carbons (Fsp3) is 0.533. The number of fused-ring (bicyclic) bond motifs is 1. The smallest absolute Gasteiger partial charge is 0.222 e. The second-order valence-corrected chi connectivity index (χ2v) is 11.5. The number of aryl methyl sites for hydroxylation is 1. The van der Waals surface area contributed by atoms with Crippen molar-refractivity contribution in [1.29, 1.82) is 5.41 Å². The number of halogens is 1. The molecule has 2 aliphatic rings. The van der Waals surface area contributed by atoms with Gasteiger partial charge in [0.05, 0.1) is 13.2 Å². The van der Waals surface area contributed by atoms with E-state index in [-0.39, 0.29) is 41.9 Å². The van der Waals surface area contributed by atoms with Gasteiger partial charge in [-0.3, -0.25) is 15.0 Å². The maximum absolute atomic E-state index is 13.7. The molecule has 9 heteroatoms. The molecular weight excluding hydrogens is 514 g/mol. The first-order valence-electron chi connectivity index (χ1n) is 13.7. The average Bonchev–Trinajstić information content (AvgIpc) is 3.17. The zero-order valence-corrected chi connectivity index (χ0v) is 24.5. The first-order valence-corrected chi connectivity index (χ1v) is 13.7. The highest BCUT2D eigenvalue weighted by atomic mass is 35.5. The fourth-order valence-corrected chi connectivity index (χ4v) is 5.10. The van der Waals surface area contributed by atoms with Crippen molar-refractivity contribution in [2.24, 2.45) is 5.73 Å². The molecular formula is C30H42ClN5O3. The number of ether oxygens (including phenoxy) is 1. The molecule has 0 aliphatic carbocycles.